The minimum Gasteiger partial charge on any atom is -0.382 e. The summed E-state index contributed by atoms with van der Waals surface area (Å²) < 4.78 is 26.5. The van der Waals surface area contributed by atoms with E-state index in [4.69, 9.17) is 0 Å². The summed E-state index contributed by atoms with van der Waals surface area (Å²) in [4.78, 5) is 23.9. The summed E-state index contributed by atoms with van der Waals surface area (Å²) in [7, 11) is 0. The van der Waals surface area contributed by atoms with Crippen LogP contribution in [-0.2, 0) is 4.79 Å². The third-order valence-electron chi connectivity index (χ3n) is 4.96. The van der Waals surface area contributed by atoms with Gasteiger partial charge in [-0.2, -0.15) is 0 Å². The molecule has 7 heteroatoms. The fourth-order valence-corrected chi connectivity index (χ4v) is 3.41. The molecule has 0 saturated heterocycles. The van der Waals surface area contributed by atoms with Crippen LogP contribution in [0.15, 0.2) is 42.5 Å². The Morgan fingerprint density at radius 1 is 0.931 bits per heavy atom. The third-order valence-corrected chi connectivity index (χ3v) is 4.96. The first-order valence-corrected chi connectivity index (χ1v) is 9.91. The highest BCUT2D eigenvalue weighted by Gasteiger charge is 2.14. The van der Waals surface area contributed by atoms with Crippen LogP contribution >= 0.6 is 0 Å². The Balaban J connectivity index is 1.41. The Labute approximate surface area is 168 Å². The molecule has 2 aromatic carbocycles. The van der Waals surface area contributed by atoms with Gasteiger partial charge in [0.2, 0.25) is 5.91 Å². The van der Waals surface area contributed by atoms with Crippen LogP contribution in [-0.4, -0.2) is 24.4 Å². The smallest absolute Gasteiger partial charge is 0.254 e. The van der Waals surface area contributed by atoms with Crippen molar-refractivity contribution < 1.29 is 18.4 Å². The molecule has 1 aliphatic rings. The zero-order chi connectivity index (χ0) is 20.6. The van der Waals surface area contributed by atoms with Gasteiger partial charge in [0.1, 0.15) is 11.6 Å². The van der Waals surface area contributed by atoms with Crippen molar-refractivity contribution in [3.8, 4) is 0 Å². The summed E-state index contributed by atoms with van der Waals surface area (Å²) in [5.74, 6) is -2.64. The minimum atomic E-state index is -0.936. The zero-order valence-electron chi connectivity index (χ0n) is 16.1. The minimum absolute atomic E-state index is 0.0383. The molecular weight excluding hydrogens is 376 g/mol. The van der Waals surface area contributed by atoms with Crippen LogP contribution in [0, 0.1) is 11.6 Å². The molecule has 0 heterocycles. The van der Waals surface area contributed by atoms with E-state index in [0.717, 1.165) is 17.8 Å². The molecule has 2 aromatic rings. The number of amides is 2. The van der Waals surface area contributed by atoms with E-state index in [9.17, 15) is 18.4 Å². The zero-order valence-corrected chi connectivity index (χ0v) is 16.1. The number of hydrogen-bond donors (Lipinski definition) is 3. The molecule has 154 valence electrons. The lowest BCUT2D eigenvalue weighted by molar-refractivity contribution is -0.116. The van der Waals surface area contributed by atoms with E-state index in [-0.39, 0.29) is 24.4 Å². The monoisotopic (exact) mass is 401 g/mol. The summed E-state index contributed by atoms with van der Waals surface area (Å²) in [6.07, 6.45) is 6.24. The lowest BCUT2D eigenvalue weighted by Gasteiger charge is -2.23. The fraction of sp³-hybridized carbons (Fsp3) is 0.364. The first-order valence-electron chi connectivity index (χ1n) is 9.91. The second kappa shape index (κ2) is 10.0. The number of halogens is 2. The third kappa shape index (κ3) is 6.27. The largest absolute Gasteiger partial charge is 0.382 e. The van der Waals surface area contributed by atoms with Gasteiger partial charge < -0.3 is 16.0 Å². The first-order chi connectivity index (χ1) is 14.0. The van der Waals surface area contributed by atoms with Crippen LogP contribution in [0.1, 0.15) is 48.9 Å². The van der Waals surface area contributed by atoms with Crippen molar-refractivity contribution in [2.75, 3.05) is 17.2 Å². The second-order valence-corrected chi connectivity index (χ2v) is 7.23. The van der Waals surface area contributed by atoms with Gasteiger partial charge in [0.15, 0.2) is 0 Å². The molecule has 0 aliphatic heterocycles. The molecule has 0 aromatic heterocycles. The summed E-state index contributed by atoms with van der Waals surface area (Å²) in [6, 6.07) is 10.8. The van der Waals surface area contributed by atoms with Crippen molar-refractivity contribution in [2.45, 2.75) is 44.6 Å². The molecule has 0 unspecified atom stereocenters. The quantitative estimate of drug-likeness (QED) is 0.641. The van der Waals surface area contributed by atoms with Gasteiger partial charge in [0.05, 0.1) is 5.56 Å². The number of carbonyl (C=O) groups is 2. The van der Waals surface area contributed by atoms with Crippen LogP contribution in [0.25, 0.3) is 0 Å². The molecule has 5 nitrogen and oxygen atoms in total. The van der Waals surface area contributed by atoms with Gasteiger partial charge in [-0.25, -0.2) is 8.78 Å². The van der Waals surface area contributed by atoms with Crippen molar-refractivity contribution in [2.24, 2.45) is 0 Å². The molecular formula is C22H25F2N3O2. The van der Waals surface area contributed by atoms with Crippen LogP contribution in [0.5, 0.6) is 0 Å². The topological polar surface area (TPSA) is 70.2 Å². The van der Waals surface area contributed by atoms with E-state index >= 15 is 0 Å². The van der Waals surface area contributed by atoms with E-state index in [0.29, 0.717) is 17.8 Å². The Bertz CT molecular complexity index is 850. The number of hydrogen-bond acceptors (Lipinski definition) is 3. The molecule has 1 saturated carbocycles. The average Bonchev–Trinajstić information content (AvgIpc) is 2.70. The molecule has 0 bridgehead atoms. The van der Waals surface area contributed by atoms with Gasteiger partial charge in [-0.1, -0.05) is 19.3 Å². The van der Waals surface area contributed by atoms with Crippen molar-refractivity contribution in [3.63, 3.8) is 0 Å². The summed E-state index contributed by atoms with van der Waals surface area (Å²) in [5, 5.41) is 8.74. The normalized spacial score (nSPS) is 14.3. The molecule has 3 N–H and O–H groups in total. The highest BCUT2D eigenvalue weighted by molar-refractivity contribution is 5.95. The average molecular weight is 401 g/mol. The van der Waals surface area contributed by atoms with E-state index < -0.39 is 17.5 Å². The highest BCUT2D eigenvalue weighted by atomic mass is 19.1. The molecule has 1 fully saturated rings. The second-order valence-electron chi connectivity index (χ2n) is 7.23. The fourth-order valence-electron chi connectivity index (χ4n) is 3.41. The number of benzene rings is 2. The van der Waals surface area contributed by atoms with Gasteiger partial charge in [0, 0.05) is 36.4 Å². The van der Waals surface area contributed by atoms with E-state index in [1.807, 2.05) is 24.3 Å². The molecule has 1 aliphatic carbocycles. The van der Waals surface area contributed by atoms with E-state index in [1.165, 1.54) is 32.1 Å². The Kier molecular flexibility index (Phi) is 7.16. The molecule has 3 rings (SSSR count). The highest BCUT2D eigenvalue weighted by Crippen LogP contribution is 2.22. The van der Waals surface area contributed by atoms with Crippen LogP contribution in [0.4, 0.5) is 20.2 Å². The van der Waals surface area contributed by atoms with Gasteiger partial charge >= 0.3 is 0 Å². The van der Waals surface area contributed by atoms with Gasteiger partial charge in [-0.3, -0.25) is 9.59 Å². The van der Waals surface area contributed by atoms with Crippen LogP contribution in [0.2, 0.25) is 0 Å². The number of carbonyl (C=O) groups excluding carboxylic acids is 2. The van der Waals surface area contributed by atoms with E-state index in [2.05, 4.69) is 16.0 Å². The SMILES string of the molecule is O=C(CCNC(=O)c1ccc(F)cc1F)Nc1ccc(NC2CCCCC2)cc1. The summed E-state index contributed by atoms with van der Waals surface area (Å²) >= 11 is 0. The molecule has 0 atom stereocenters. The van der Waals surface area contributed by atoms with Crippen molar-refractivity contribution in [1.82, 2.24) is 5.32 Å². The Hall–Kier alpha value is -2.96. The summed E-state index contributed by atoms with van der Waals surface area (Å²) in [6.45, 7) is 0.0444. The van der Waals surface area contributed by atoms with Crippen LogP contribution in [0.3, 0.4) is 0 Å². The lowest BCUT2D eigenvalue weighted by atomic mass is 9.95. The Morgan fingerprint density at radius 3 is 2.31 bits per heavy atom. The van der Waals surface area contributed by atoms with Crippen LogP contribution < -0.4 is 16.0 Å². The molecule has 0 radical (unpaired) electrons. The number of anilines is 2. The van der Waals surface area contributed by atoms with Crippen molar-refractivity contribution in [3.05, 3.63) is 59.7 Å². The van der Waals surface area contributed by atoms with Crippen molar-refractivity contribution >= 4 is 23.2 Å². The molecule has 2 amide bonds. The van der Waals surface area contributed by atoms with Crippen molar-refractivity contribution in [1.29, 1.82) is 0 Å². The molecule has 0 spiro atoms. The number of rotatable bonds is 7. The first kappa shape index (κ1) is 20.8. The maximum Gasteiger partial charge on any atom is 0.254 e. The number of nitrogens with one attached hydrogen (secondary N) is 3. The maximum absolute atomic E-state index is 13.6. The van der Waals surface area contributed by atoms with Gasteiger partial charge in [-0.15, -0.1) is 0 Å². The summed E-state index contributed by atoms with van der Waals surface area (Å²) in [5.41, 5.74) is 1.44. The maximum atomic E-state index is 13.6. The van der Waals surface area contributed by atoms with Gasteiger partial charge in [0.25, 0.3) is 5.91 Å². The standard InChI is InChI=1S/C22H25F2N3O2/c23-15-6-11-19(20(24)14-15)22(29)25-13-12-21(28)27-18-9-7-17(8-10-18)26-16-4-2-1-3-5-16/h6-11,14,16,26H,1-5,12-13H2,(H,25,29)(H,27,28). The lowest BCUT2D eigenvalue weighted by Crippen LogP contribution is -2.28. The van der Waals surface area contributed by atoms with E-state index in [1.54, 1.807) is 0 Å². The Morgan fingerprint density at radius 2 is 1.62 bits per heavy atom. The molecule has 29 heavy (non-hydrogen) atoms. The predicted octanol–water partition coefficient (Wildman–Crippen LogP) is 4.47. The predicted molar refractivity (Wildman–Crippen MR) is 109 cm³/mol. The van der Waals surface area contributed by atoms with Gasteiger partial charge in [-0.05, 0) is 49.2 Å².